The molecule has 3 rings (SSSR count). The van der Waals surface area contributed by atoms with Crippen molar-refractivity contribution in [2.24, 2.45) is 23.2 Å². The minimum absolute atomic E-state index is 0.187. The SMILES string of the molecule is C=C1C(=CC=C2CCC[C@@]3(C)C2CC[C@@H]3[C@H](C)C=C[C@@](C)(O)C(C)(C)F)C[C@@H](O)C[C@H]1O. The van der Waals surface area contributed by atoms with Gasteiger partial charge in [-0.15, -0.1) is 0 Å². The zero-order valence-electron chi connectivity index (χ0n) is 20.6. The molecule has 0 aromatic rings. The standard InChI is InChI=1S/C28H43FO3/c1-18(13-15-28(6,32)26(3,4)29)23-11-12-24-20(8-7-14-27(23,24)5)9-10-21-16-22(30)17-25(31)19(21)2/h9-10,13,15,18,22-25,30-32H,2,7-8,11-12,14,16-17H2,1,3-6H3/t18-,22-,23-,24?,25-,27-,28-/m1/s1. The highest BCUT2D eigenvalue weighted by Crippen LogP contribution is 2.59. The molecule has 3 aliphatic carbocycles. The molecule has 4 heteroatoms. The molecule has 0 spiro atoms. The molecule has 0 aliphatic heterocycles. The second-order valence-electron chi connectivity index (χ2n) is 11.5. The van der Waals surface area contributed by atoms with E-state index in [0.717, 1.165) is 36.8 Å². The predicted molar refractivity (Wildman–Crippen MR) is 129 cm³/mol. The van der Waals surface area contributed by atoms with Crippen molar-refractivity contribution in [1.29, 1.82) is 0 Å². The Bertz CT molecular complexity index is 800. The van der Waals surface area contributed by atoms with Crippen molar-refractivity contribution >= 4 is 0 Å². The molecule has 0 aromatic carbocycles. The molecule has 3 N–H and O–H groups in total. The maximum absolute atomic E-state index is 14.4. The molecule has 0 bridgehead atoms. The number of alkyl halides is 1. The summed E-state index contributed by atoms with van der Waals surface area (Å²) in [6.45, 7) is 13.0. The molecule has 3 fully saturated rings. The van der Waals surface area contributed by atoms with Crippen molar-refractivity contribution in [3.05, 3.63) is 47.6 Å². The van der Waals surface area contributed by atoms with Gasteiger partial charge in [-0.05, 0) is 93.6 Å². The number of rotatable bonds is 5. The second kappa shape index (κ2) is 9.19. The summed E-state index contributed by atoms with van der Waals surface area (Å²) in [6.07, 6.45) is 13.4. The summed E-state index contributed by atoms with van der Waals surface area (Å²) in [5.74, 6) is 1.27. The van der Waals surface area contributed by atoms with E-state index in [4.69, 9.17) is 0 Å². The number of hydrogen-bond acceptors (Lipinski definition) is 3. The fourth-order valence-corrected chi connectivity index (χ4v) is 6.28. The Kier molecular flexibility index (Phi) is 7.30. The van der Waals surface area contributed by atoms with Gasteiger partial charge in [0.15, 0.2) is 0 Å². The second-order valence-corrected chi connectivity index (χ2v) is 11.5. The Hall–Kier alpha value is -1.23. The van der Waals surface area contributed by atoms with Crippen LogP contribution in [0.5, 0.6) is 0 Å². The van der Waals surface area contributed by atoms with Crippen LogP contribution in [0, 0.1) is 23.2 Å². The van der Waals surface area contributed by atoms with Crippen LogP contribution >= 0.6 is 0 Å². The minimum atomic E-state index is -1.69. The third-order valence-corrected chi connectivity index (χ3v) is 8.86. The van der Waals surface area contributed by atoms with Gasteiger partial charge < -0.3 is 15.3 Å². The van der Waals surface area contributed by atoms with Crippen molar-refractivity contribution in [3.63, 3.8) is 0 Å². The lowest BCUT2D eigenvalue weighted by Gasteiger charge is -2.44. The first-order valence-corrected chi connectivity index (χ1v) is 12.3. The third-order valence-electron chi connectivity index (χ3n) is 8.86. The molecule has 0 radical (unpaired) electrons. The number of allylic oxidation sites excluding steroid dienone is 4. The topological polar surface area (TPSA) is 60.7 Å². The van der Waals surface area contributed by atoms with Crippen molar-refractivity contribution < 1.29 is 19.7 Å². The summed E-state index contributed by atoms with van der Waals surface area (Å²) in [5.41, 5.74) is 0.163. The van der Waals surface area contributed by atoms with Crippen LogP contribution in [0.3, 0.4) is 0 Å². The zero-order valence-corrected chi connectivity index (χ0v) is 20.6. The van der Waals surface area contributed by atoms with Crippen LogP contribution in [0.25, 0.3) is 0 Å². The molecule has 0 saturated heterocycles. The van der Waals surface area contributed by atoms with Crippen molar-refractivity contribution in [1.82, 2.24) is 0 Å². The number of aliphatic hydroxyl groups is 3. The van der Waals surface area contributed by atoms with Gasteiger partial charge in [-0.3, -0.25) is 0 Å². The predicted octanol–water partition coefficient (Wildman–Crippen LogP) is 5.82. The van der Waals surface area contributed by atoms with Gasteiger partial charge in [0.05, 0.1) is 12.2 Å². The van der Waals surface area contributed by atoms with Crippen molar-refractivity contribution in [2.45, 2.75) is 103 Å². The molecule has 3 saturated carbocycles. The van der Waals surface area contributed by atoms with E-state index < -0.39 is 23.5 Å². The van der Waals surface area contributed by atoms with E-state index in [0.29, 0.717) is 24.7 Å². The molecule has 3 aliphatic rings. The monoisotopic (exact) mass is 446 g/mol. The first-order valence-electron chi connectivity index (χ1n) is 12.3. The van der Waals surface area contributed by atoms with Crippen molar-refractivity contribution in [2.75, 3.05) is 0 Å². The highest BCUT2D eigenvalue weighted by atomic mass is 19.1. The van der Waals surface area contributed by atoms with Crippen LogP contribution < -0.4 is 0 Å². The lowest BCUT2D eigenvalue weighted by molar-refractivity contribution is -0.0332. The smallest absolute Gasteiger partial charge is 0.137 e. The van der Waals surface area contributed by atoms with Gasteiger partial charge in [0, 0.05) is 6.42 Å². The van der Waals surface area contributed by atoms with Gasteiger partial charge in [-0.2, -0.15) is 0 Å². The maximum atomic E-state index is 14.4. The quantitative estimate of drug-likeness (QED) is 0.467. The Morgan fingerprint density at radius 2 is 1.88 bits per heavy atom. The van der Waals surface area contributed by atoms with Gasteiger partial charge in [0.1, 0.15) is 11.3 Å². The lowest BCUT2D eigenvalue weighted by Crippen LogP contribution is -2.42. The molecule has 0 heterocycles. The average molecular weight is 447 g/mol. The molecule has 0 aromatic heterocycles. The van der Waals surface area contributed by atoms with Gasteiger partial charge in [-0.25, -0.2) is 4.39 Å². The summed E-state index contributed by atoms with van der Waals surface area (Å²) in [6, 6.07) is 0. The van der Waals surface area contributed by atoms with E-state index in [1.807, 2.05) is 6.08 Å². The van der Waals surface area contributed by atoms with E-state index >= 15 is 0 Å². The molecule has 0 amide bonds. The van der Waals surface area contributed by atoms with Crippen LogP contribution in [0.15, 0.2) is 47.6 Å². The Morgan fingerprint density at radius 3 is 2.53 bits per heavy atom. The Morgan fingerprint density at radius 1 is 1.19 bits per heavy atom. The molecular weight excluding hydrogens is 403 g/mol. The van der Waals surface area contributed by atoms with Gasteiger partial charge in [0.2, 0.25) is 0 Å². The molecule has 32 heavy (non-hydrogen) atoms. The number of fused-ring (bicyclic) bond motifs is 1. The molecule has 180 valence electrons. The minimum Gasteiger partial charge on any atom is -0.393 e. The summed E-state index contributed by atoms with van der Waals surface area (Å²) < 4.78 is 14.4. The summed E-state index contributed by atoms with van der Waals surface area (Å²) in [4.78, 5) is 0. The van der Waals surface area contributed by atoms with E-state index in [2.05, 4.69) is 32.6 Å². The fraction of sp³-hybridized carbons (Fsp3) is 0.714. The van der Waals surface area contributed by atoms with Crippen LogP contribution in [0.4, 0.5) is 4.39 Å². The molecule has 1 unspecified atom stereocenters. The van der Waals surface area contributed by atoms with Gasteiger partial charge >= 0.3 is 0 Å². The van der Waals surface area contributed by atoms with E-state index in [-0.39, 0.29) is 11.3 Å². The number of halogens is 1. The first kappa shape index (κ1) is 25.4. The zero-order chi connectivity index (χ0) is 23.9. The van der Waals surface area contributed by atoms with Crippen LogP contribution in [0.2, 0.25) is 0 Å². The first-order chi connectivity index (χ1) is 14.8. The summed E-state index contributed by atoms with van der Waals surface area (Å²) in [7, 11) is 0. The number of aliphatic hydroxyl groups excluding tert-OH is 2. The highest BCUT2D eigenvalue weighted by molar-refractivity contribution is 5.38. The summed E-state index contributed by atoms with van der Waals surface area (Å²) in [5, 5.41) is 30.7. The normalized spacial score (nSPS) is 39.5. The maximum Gasteiger partial charge on any atom is 0.137 e. The fourth-order valence-electron chi connectivity index (χ4n) is 6.28. The lowest BCUT2D eigenvalue weighted by atomic mass is 9.61. The van der Waals surface area contributed by atoms with E-state index in [1.165, 1.54) is 32.8 Å². The van der Waals surface area contributed by atoms with Crippen LogP contribution in [0.1, 0.15) is 79.6 Å². The molecular formula is C28H43FO3. The Labute approximate surface area is 193 Å². The molecule has 3 nitrogen and oxygen atoms in total. The van der Waals surface area contributed by atoms with E-state index in [9.17, 15) is 19.7 Å². The number of hydrogen-bond donors (Lipinski definition) is 3. The molecule has 7 atom stereocenters. The van der Waals surface area contributed by atoms with Crippen LogP contribution in [-0.2, 0) is 0 Å². The largest absolute Gasteiger partial charge is 0.393 e. The Balaban J connectivity index is 1.78. The van der Waals surface area contributed by atoms with Crippen LogP contribution in [-0.4, -0.2) is 38.8 Å². The highest BCUT2D eigenvalue weighted by Gasteiger charge is 2.50. The van der Waals surface area contributed by atoms with Gasteiger partial charge in [0.25, 0.3) is 0 Å². The van der Waals surface area contributed by atoms with E-state index in [1.54, 1.807) is 6.08 Å². The average Bonchev–Trinajstić information content (AvgIpc) is 3.04. The van der Waals surface area contributed by atoms with Gasteiger partial charge in [-0.1, -0.05) is 50.3 Å². The third kappa shape index (κ3) is 4.98. The summed E-state index contributed by atoms with van der Waals surface area (Å²) >= 11 is 0. The van der Waals surface area contributed by atoms with Crippen molar-refractivity contribution in [3.8, 4) is 0 Å².